The highest BCUT2D eigenvalue weighted by Gasteiger charge is 2.20. The Morgan fingerprint density at radius 2 is 1.69 bits per heavy atom. The molecular weight excluding hydrogens is 230 g/mol. The van der Waals surface area contributed by atoms with E-state index < -0.39 is 11.6 Å². The summed E-state index contributed by atoms with van der Waals surface area (Å²) < 4.78 is 26.9. The molecule has 0 spiro atoms. The maximum absolute atomic E-state index is 13.6. The third-order valence-electron chi connectivity index (χ3n) is 1.72. The lowest BCUT2D eigenvalue weighted by molar-refractivity contribution is 0.538. The van der Waals surface area contributed by atoms with Gasteiger partial charge in [-0.3, -0.25) is 5.41 Å². The summed E-state index contributed by atoms with van der Waals surface area (Å²) in [7, 11) is 0. The monoisotopic (exact) mass is 244 g/mol. The molecule has 0 saturated carbocycles. The predicted octanol–water partition coefficient (Wildman–Crippen LogP) is 3.14. The van der Waals surface area contributed by atoms with Crippen LogP contribution < -0.4 is 5.73 Å². The second-order valence-electron chi connectivity index (χ2n) is 4.40. The number of nitrogens with one attached hydrogen (secondary N) is 1. The first-order valence-electron chi connectivity index (χ1n) is 4.73. The van der Waals surface area contributed by atoms with Gasteiger partial charge in [-0.25, -0.2) is 8.78 Å². The van der Waals surface area contributed by atoms with E-state index in [1.165, 1.54) is 0 Å². The molecule has 0 saturated heterocycles. The molecule has 0 amide bonds. The van der Waals surface area contributed by atoms with E-state index in [1.54, 1.807) is 0 Å². The smallest absolute Gasteiger partial charge is 0.140 e. The quantitative estimate of drug-likeness (QED) is 0.477. The summed E-state index contributed by atoms with van der Waals surface area (Å²) in [4.78, 5) is -0.0301. The molecule has 0 bridgehead atoms. The average Bonchev–Trinajstić information content (AvgIpc) is 2.09. The van der Waals surface area contributed by atoms with Crippen LogP contribution in [-0.2, 0) is 0 Å². The summed E-state index contributed by atoms with van der Waals surface area (Å²) in [6.07, 6.45) is 0. The minimum Gasteiger partial charge on any atom is -0.384 e. The third-order valence-corrected chi connectivity index (χ3v) is 2.92. The molecule has 0 radical (unpaired) electrons. The number of amidine groups is 1. The molecule has 88 valence electrons. The predicted molar refractivity (Wildman–Crippen MR) is 63.0 cm³/mol. The molecule has 1 aromatic rings. The third kappa shape index (κ3) is 3.20. The van der Waals surface area contributed by atoms with Crippen LogP contribution in [-0.4, -0.2) is 10.6 Å². The van der Waals surface area contributed by atoms with E-state index in [2.05, 4.69) is 0 Å². The van der Waals surface area contributed by atoms with Crippen LogP contribution in [0.2, 0.25) is 0 Å². The van der Waals surface area contributed by atoms with Crippen molar-refractivity contribution >= 4 is 17.6 Å². The molecule has 0 aliphatic carbocycles. The summed E-state index contributed by atoms with van der Waals surface area (Å²) in [5.74, 6) is -1.69. The lowest BCUT2D eigenvalue weighted by Gasteiger charge is -2.18. The van der Waals surface area contributed by atoms with E-state index in [9.17, 15) is 8.78 Å². The standard InChI is InChI=1S/C11H14F2N2S/c1-11(2,3)16-9-7(12)4-6(10(14)15)5-8(9)13/h4-5H,1-3H3,(H3,14,15). The molecule has 0 aromatic heterocycles. The number of nitrogens with two attached hydrogens (primary N) is 1. The van der Waals surface area contributed by atoms with Gasteiger partial charge >= 0.3 is 0 Å². The van der Waals surface area contributed by atoms with E-state index in [-0.39, 0.29) is 21.0 Å². The first-order valence-corrected chi connectivity index (χ1v) is 5.55. The fourth-order valence-corrected chi connectivity index (χ4v) is 2.04. The normalized spacial score (nSPS) is 11.6. The number of hydrogen-bond acceptors (Lipinski definition) is 2. The van der Waals surface area contributed by atoms with Gasteiger partial charge in [0.1, 0.15) is 17.5 Å². The van der Waals surface area contributed by atoms with Crippen molar-refractivity contribution in [3.05, 3.63) is 29.3 Å². The van der Waals surface area contributed by atoms with Gasteiger partial charge in [-0.15, -0.1) is 11.8 Å². The second-order valence-corrected chi connectivity index (χ2v) is 6.23. The van der Waals surface area contributed by atoms with Gasteiger partial charge in [0.05, 0.1) is 4.90 Å². The number of halogens is 2. The zero-order chi connectivity index (χ0) is 12.5. The van der Waals surface area contributed by atoms with Crippen molar-refractivity contribution in [2.24, 2.45) is 5.73 Å². The zero-order valence-corrected chi connectivity index (χ0v) is 10.2. The molecule has 0 atom stereocenters. The van der Waals surface area contributed by atoms with Crippen molar-refractivity contribution in [2.45, 2.75) is 30.4 Å². The van der Waals surface area contributed by atoms with Crippen LogP contribution >= 0.6 is 11.8 Å². The fraction of sp³-hybridized carbons (Fsp3) is 0.364. The zero-order valence-electron chi connectivity index (χ0n) is 9.40. The van der Waals surface area contributed by atoms with Crippen molar-refractivity contribution in [1.29, 1.82) is 5.41 Å². The van der Waals surface area contributed by atoms with Crippen molar-refractivity contribution < 1.29 is 8.78 Å². The topological polar surface area (TPSA) is 49.9 Å². The molecule has 3 N–H and O–H groups in total. The molecule has 16 heavy (non-hydrogen) atoms. The molecular formula is C11H14F2N2S. The second kappa shape index (κ2) is 4.41. The molecule has 0 heterocycles. The van der Waals surface area contributed by atoms with Gasteiger partial charge in [-0.1, -0.05) is 20.8 Å². The average molecular weight is 244 g/mol. The highest BCUT2D eigenvalue weighted by Crippen LogP contribution is 2.35. The van der Waals surface area contributed by atoms with Crippen LogP contribution in [0.4, 0.5) is 8.78 Å². The van der Waals surface area contributed by atoms with Gasteiger partial charge < -0.3 is 5.73 Å². The van der Waals surface area contributed by atoms with E-state index >= 15 is 0 Å². The SMILES string of the molecule is CC(C)(C)Sc1c(F)cc(C(=N)N)cc1F. The molecule has 0 aliphatic heterocycles. The van der Waals surface area contributed by atoms with Gasteiger partial charge in [-0.05, 0) is 12.1 Å². The van der Waals surface area contributed by atoms with Gasteiger partial charge in [0.25, 0.3) is 0 Å². The Hall–Kier alpha value is -1.10. The molecule has 0 aliphatic rings. The van der Waals surface area contributed by atoms with Crippen LogP contribution in [0.15, 0.2) is 17.0 Å². The lowest BCUT2D eigenvalue weighted by Crippen LogP contribution is -2.13. The Morgan fingerprint density at radius 1 is 1.25 bits per heavy atom. The summed E-state index contributed by atoms with van der Waals surface area (Å²) >= 11 is 1.11. The minimum absolute atomic E-state index is 0.0301. The van der Waals surface area contributed by atoms with Gasteiger partial charge in [0.2, 0.25) is 0 Å². The highest BCUT2D eigenvalue weighted by molar-refractivity contribution is 8.00. The van der Waals surface area contributed by atoms with Crippen LogP contribution in [0.5, 0.6) is 0 Å². The van der Waals surface area contributed by atoms with E-state index in [4.69, 9.17) is 11.1 Å². The number of benzene rings is 1. The molecule has 5 heteroatoms. The largest absolute Gasteiger partial charge is 0.384 e. The Balaban J connectivity index is 3.18. The van der Waals surface area contributed by atoms with Gasteiger partial charge in [0, 0.05) is 10.3 Å². The Labute approximate surface area is 97.7 Å². The van der Waals surface area contributed by atoms with Crippen LogP contribution in [0.1, 0.15) is 26.3 Å². The number of nitrogen functional groups attached to an aromatic ring is 1. The van der Waals surface area contributed by atoms with Gasteiger partial charge in [0.15, 0.2) is 0 Å². The number of hydrogen-bond donors (Lipinski definition) is 2. The van der Waals surface area contributed by atoms with Crippen molar-refractivity contribution in [3.8, 4) is 0 Å². The van der Waals surface area contributed by atoms with E-state index in [0.29, 0.717) is 0 Å². The highest BCUT2D eigenvalue weighted by atomic mass is 32.2. The van der Waals surface area contributed by atoms with Crippen LogP contribution in [0.25, 0.3) is 0 Å². The summed E-state index contributed by atoms with van der Waals surface area (Å²) in [6, 6.07) is 2.17. The van der Waals surface area contributed by atoms with Crippen molar-refractivity contribution in [1.82, 2.24) is 0 Å². The summed E-state index contributed by atoms with van der Waals surface area (Å²) in [5, 5.41) is 7.12. The fourth-order valence-electron chi connectivity index (χ4n) is 1.12. The first-order chi connectivity index (χ1) is 7.20. The Kier molecular flexibility index (Phi) is 3.57. The van der Waals surface area contributed by atoms with E-state index in [1.807, 2.05) is 20.8 Å². The molecule has 2 nitrogen and oxygen atoms in total. The maximum atomic E-state index is 13.6. The molecule has 1 rings (SSSR count). The molecule has 0 fully saturated rings. The van der Waals surface area contributed by atoms with Crippen molar-refractivity contribution in [3.63, 3.8) is 0 Å². The Morgan fingerprint density at radius 3 is 2.00 bits per heavy atom. The Bertz CT molecular complexity index is 401. The summed E-state index contributed by atoms with van der Waals surface area (Å²) in [6.45, 7) is 5.61. The van der Waals surface area contributed by atoms with Crippen LogP contribution in [0.3, 0.4) is 0 Å². The first kappa shape index (κ1) is 13.0. The number of rotatable bonds is 2. The van der Waals surface area contributed by atoms with Crippen LogP contribution in [0, 0.1) is 17.0 Å². The molecule has 0 unspecified atom stereocenters. The van der Waals surface area contributed by atoms with E-state index in [0.717, 1.165) is 23.9 Å². The van der Waals surface area contributed by atoms with Crippen molar-refractivity contribution in [2.75, 3.05) is 0 Å². The maximum Gasteiger partial charge on any atom is 0.140 e. The molecule has 1 aromatic carbocycles. The van der Waals surface area contributed by atoms with Gasteiger partial charge in [-0.2, -0.15) is 0 Å². The lowest BCUT2D eigenvalue weighted by atomic mass is 10.2. The summed E-state index contributed by atoms with van der Waals surface area (Å²) in [5.41, 5.74) is 5.24. The number of thioether (sulfide) groups is 1. The minimum atomic E-state index is -0.676.